The van der Waals surface area contributed by atoms with Crippen LogP contribution in [0.3, 0.4) is 0 Å². The number of aromatic nitrogens is 3. The molecule has 0 amide bonds. The Labute approximate surface area is 445 Å². The molecule has 0 radical (unpaired) electrons. The predicted octanol–water partition coefficient (Wildman–Crippen LogP) is 2.31. The number of sulfone groups is 1. The van der Waals surface area contributed by atoms with Gasteiger partial charge in [0.1, 0.15) is 31.7 Å². The monoisotopic (exact) mass is 1270 g/mol. The number of benzene rings is 5. The Kier molecular flexibility index (Phi) is 22.0. The normalized spacial score (nSPS) is 11.8. The van der Waals surface area contributed by atoms with Crippen LogP contribution in [0.5, 0.6) is 11.5 Å². The molecule has 0 fully saturated rings. The van der Waals surface area contributed by atoms with Crippen LogP contribution in [0.4, 0.5) is 51.7 Å². The number of rotatable bonds is 16. The molecular weight excluding hydrogens is 1240 g/mol. The second kappa shape index (κ2) is 26.6. The number of nitrogens with two attached hydrogens (primary N) is 1. The highest BCUT2D eigenvalue weighted by atomic mass is 35.5. The third-order valence-electron chi connectivity index (χ3n) is 8.41. The number of nitrogens with zero attached hydrogens (tertiary/aromatic N) is 7. The first-order chi connectivity index (χ1) is 35.8. The van der Waals surface area contributed by atoms with Crippen LogP contribution in [-0.4, -0.2) is 136 Å². The Bertz CT molecular complexity index is 4270. The molecule has 0 aliphatic heterocycles. The molecule has 6 aromatic rings. The number of azo groups is 2. The molecule has 36 nitrogen and oxygen atoms in total. The Morgan fingerprint density at radius 2 is 1.12 bits per heavy atom. The molecule has 0 bridgehead atoms. The third kappa shape index (κ3) is 20.0. The zero-order chi connectivity index (χ0) is 59.3. The molecule has 1 aromatic heterocycles. The molecule has 0 aliphatic rings. The van der Waals surface area contributed by atoms with E-state index in [9.17, 15) is 66.0 Å². The van der Waals surface area contributed by atoms with Gasteiger partial charge in [-0.1, -0.05) is 24.3 Å². The molecule has 420 valence electrons. The summed E-state index contributed by atoms with van der Waals surface area (Å²) in [5, 5.41) is 41.7. The van der Waals surface area contributed by atoms with Gasteiger partial charge in [-0.15, -0.1) is 53.2 Å². The lowest BCUT2D eigenvalue weighted by Gasteiger charge is -2.14. The predicted molar refractivity (Wildman–Crippen MR) is 259 cm³/mol. The van der Waals surface area contributed by atoms with Crippen molar-refractivity contribution < 1.29 is 113 Å². The van der Waals surface area contributed by atoms with Crippen LogP contribution in [0.25, 0.3) is 10.8 Å². The van der Waals surface area contributed by atoms with Gasteiger partial charge in [0.25, 0.3) is 30.4 Å². The van der Waals surface area contributed by atoms with Gasteiger partial charge in [-0.25, -0.2) is 12.6 Å². The summed E-state index contributed by atoms with van der Waals surface area (Å²) in [6.07, 6.45) is 0. The number of fused-ring (bicyclic) bond motifs is 1. The number of anilines is 5. The number of aromatic hydroxyl groups is 2. The van der Waals surface area contributed by atoms with Crippen molar-refractivity contribution in [3.63, 3.8) is 0 Å². The molecule has 1 heterocycles. The van der Waals surface area contributed by atoms with Crippen molar-refractivity contribution in [3.05, 3.63) is 84.1 Å². The fourth-order valence-corrected chi connectivity index (χ4v) is 9.28. The molecule has 6 rings (SSSR count). The molecule has 0 saturated heterocycles. The van der Waals surface area contributed by atoms with E-state index in [0.717, 1.165) is 12.1 Å². The number of phenolic OH excluding ortho intramolecular Hbond substituents is 2. The third-order valence-corrected chi connectivity index (χ3v) is 13.3. The Balaban J connectivity index is 0.00000121. The van der Waals surface area contributed by atoms with Crippen molar-refractivity contribution in [1.29, 1.82) is 0 Å². The first-order valence-corrected chi connectivity index (χ1v) is 29.5. The van der Waals surface area contributed by atoms with Crippen LogP contribution >= 0.6 is 11.6 Å². The van der Waals surface area contributed by atoms with Gasteiger partial charge in [0.2, 0.25) is 17.2 Å². The first kappa shape index (κ1) is 64.6. The van der Waals surface area contributed by atoms with Crippen molar-refractivity contribution in [2.75, 3.05) is 28.7 Å². The number of nitrogens with one attached hydrogen (secondary N) is 2. The maximum absolute atomic E-state index is 12.9. The molecular formula is C33H27ClN10O26S8. The van der Waals surface area contributed by atoms with Gasteiger partial charge in [-0.2, -0.15) is 53.7 Å². The minimum absolute atomic E-state index is 0.0220. The van der Waals surface area contributed by atoms with Gasteiger partial charge in [0.15, 0.2) is 21.3 Å². The van der Waals surface area contributed by atoms with Gasteiger partial charge in [0.05, 0.1) is 39.7 Å². The summed E-state index contributed by atoms with van der Waals surface area (Å²) < 4.78 is 238. The summed E-state index contributed by atoms with van der Waals surface area (Å²) in [5.74, 6) is -3.95. The molecule has 5 aromatic carbocycles. The van der Waals surface area contributed by atoms with Gasteiger partial charge >= 0.3 is 42.2 Å². The van der Waals surface area contributed by atoms with Crippen LogP contribution in [0.1, 0.15) is 0 Å². The molecule has 0 atom stereocenters. The van der Waals surface area contributed by atoms with Gasteiger partial charge in [-0.3, -0.25) is 18.2 Å². The van der Waals surface area contributed by atoms with Crippen LogP contribution in [0.2, 0.25) is 5.28 Å². The fraction of sp³-hybridized carbons (Fsp3) is 0.0606. The smallest absolute Gasteiger partial charge is 0.425 e. The van der Waals surface area contributed by atoms with E-state index in [2.05, 4.69) is 50.2 Å². The maximum Gasteiger partial charge on any atom is 0.425 e. The van der Waals surface area contributed by atoms with E-state index >= 15 is 0 Å². The highest BCUT2D eigenvalue weighted by molar-refractivity contribution is 7.91. The lowest BCUT2D eigenvalue weighted by Crippen LogP contribution is -2.16. The SMILES string of the molecule is Nc1c(N=Nc2cccc(Nc3nc(Cl)nc(Nc4cc(S(=O)(=O)CCOS(=O)(=O)O)cc(S(=O)(=O)O)c4O)n3)c2)c(S(=O)(=O)O)cc2ccc(N=Nc3ccccc3S(=O)(=O)O)c(O)c12.O=S(=O)=O.O=S(=O)=O.O=S(=O)=O. The lowest BCUT2D eigenvalue weighted by molar-refractivity contribution is 0.283. The maximum atomic E-state index is 12.9. The molecule has 10 N–H and O–H groups in total. The molecule has 78 heavy (non-hydrogen) atoms. The van der Waals surface area contributed by atoms with Crippen LogP contribution < -0.4 is 16.4 Å². The number of hydrogen-bond donors (Lipinski definition) is 9. The summed E-state index contributed by atoms with van der Waals surface area (Å²) in [4.78, 5) is 8.10. The highest BCUT2D eigenvalue weighted by Gasteiger charge is 2.27. The van der Waals surface area contributed by atoms with E-state index in [1.54, 1.807) is 0 Å². The van der Waals surface area contributed by atoms with E-state index < -0.39 is 154 Å². The van der Waals surface area contributed by atoms with Crippen molar-refractivity contribution in [2.45, 2.75) is 19.6 Å². The Morgan fingerprint density at radius 3 is 1.67 bits per heavy atom. The van der Waals surface area contributed by atoms with E-state index in [-0.39, 0.29) is 39.5 Å². The molecule has 0 aliphatic carbocycles. The second-order valence-electron chi connectivity index (χ2n) is 13.5. The molecule has 0 unspecified atom stereocenters. The fourth-order valence-electron chi connectivity index (χ4n) is 5.59. The topological polar surface area (TPSA) is 593 Å². The quantitative estimate of drug-likeness (QED) is 0.0290. The minimum Gasteiger partial charge on any atom is -0.505 e. The van der Waals surface area contributed by atoms with Gasteiger partial charge in [0, 0.05) is 5.69 Å². The largest absolute Gasteiger partial charge is 0.505 e. The van der Waals surface area contributed by atoms with Crippen molar-refractivity contribution in [2.24, 2.45) is 20.5 Å². The van der Waals surface area contributed by atoms with Crippen molar-refractivity contribution in [3.8, 4) is 11.5 Å². The second-order valence-corrected chi connectivity index (χ2v) is 22.4. The molecule has 0 spiro atoms. The van der Waals surface area contributed by atoms with E-state index in [1.165, 1.54) is 54.6 Å². The summed E-state index contributed by atoms with van der Waals surface area (Å²) in [6.45, 7) is -1.11. The minimum atomic E-state index is -5.32. The number of phenols is 2. The first-order valence-electron chi connectivity index (χ1n) is 18.8. The number of nitrogen functional groups attached to an aromatic ring is 1. The summed E-state index contributed by atoms with van der Waals surface area (Å²) in [6, 6.07) is 14.9. The summed E-state index contributed by atoms with van der Waals surface area (Å²) >= 11 is 6.08. The highest BCUT2D eigenvalue weighted by Crippen LogP contribution is 2.46. The zero-order valence-corrected chi connectivity index (χ0v) is 44.4. The number of hydrogen-bond acceptors (Lipinski definition) is 32. The standard InChI is InChI=1S/C33H27ClN10O17S5.3O3S/c34-31-38-32(40-33(39-31)37-22-14-19(15-25(29(22)45)65(55,56)57)62(47,48)11-10-61-66(58,59)60)36-17-4-3-5-18(13-17)41-44-28-24(64(52,53)54)12-16-8-9-21(30(46)26(16)27(28)35)43-42-20-6-1-2-7-23(20)63(49,50)51;3*1-4(2)3/h1-9,12-15,45-46H,10-11,35H2,(H,49,50,51)(H,52,53,54)(H,55,56,57)(H,58,59,60)(H2,36,37,38,39,40);;;. The van der Waals surface area contributed by atoms with Crippen LogP contribution in [0.15, 0.2) is 119 Å². The number of halogens is 1. The van der Waals surface area contributed by atoms with E-state index in [1.807, 2.05) is 0 Å². The zero-order valence-electron chi connectivity index (χ0n) is 37.1. The Hall–Kier alpha value is -7.73. The van der Waals surface area contributed by atoms with Gasteiger partial charge in [-0.05, 0) is 71.6 Å². The molecule has 0 saturated carbocycles. The van der Waals surface area contributed by atoms with Crippen molar-refractivity contribution in [1.82, 2.24) is 15.0 Å². The average molecular weight is 1270 g/mol. The van der Waals surface area contributed by atoms with E-state index in [0.29, 0.717) is 12.1 Å². The summed E-state index contributed by atoms with van der Waals surface area (Å²) in [7, 11) is -34.1. The lowest BCUT2D eigenvalue weighted by atomic mass is 10.1. The van der Waals surface area contributed by atoms with Gasteiger partial charge < -0.3 is 26.6 Å². The van der Waals surface area contributed by atoms with E-state index in [4.69, 9.17) is 59.8 Å². The van der Waals surface area contributed by atoms with Crippen molar-refractivity contribution >= 4 is 156 Å². The van der Waals surface area contributed by atoms with Crippen LogP contribution in [0, 0.1) is 0 Å². The Morgan fingerprint density at radius 1 is 0.577 bits per heavy atom. The van der Waals surface area contributed by atoms with Crippen LogP contribution in [-0.2, 0) is 86.6 Å². The molecule has 45 heteroatoms. The summed E-state index contributed by atoms with van der Waals surface area (Å²) in [5.41, 5.74) is 3.93. The average Bonchev–Trinajstić information content (AvgIpc) is 3.27.